The summed E-state index contributed by atoms with van der Waals surface area (Å²) in [4.78, 5) is 13.7. The first-order valence-electron chi connectivity index (χ1n) is 7.21. The molecule has 1 aromatic rings. The van der Waals surface area contributed by atoms with Crippen LogP contribution in [0, 0.1) is 5.41 Å². The lowest BCUT2D eigenvalue weighted by Gasteiger charge is -2.57. The van der Waals surface area contributed by atoms with Gasteiger partial charge < -0.3 is 15.8 Å². The minimum Gasteiger partial charge on any atom is -0.378 e. The number of anilines is 1. The van der Waals surface area contributed by atoms with Gasteiger partial charge in [-0.1, -0.05) is 19.9 Å². The summed E-state index contributed by atoms with van der Waals surface area (Å²) in [5, 5.41) is 2.94. The Bertz CT molecular complexity index is 539. The van der Waals surface area contributed by atoms with Gasteiger partial charge >= 0.3 is 0 Å². The Kier molecular flexibility index (Phi) is 6.33. The highest BCUT2D eigenvalue weighted by atomic mass is 35.5. The van der Waals surface area contributed by atoms with Crippen molar-refractivity contribution in [3.8, 4) is 0 Å². The van der Waals surface area contributed by atoms with Crippen LogP contribution >= 0.6 is 24.2 Å². The number of halogens is 1. The second-order valence-electron chi connectivity index (χ2n) is 6.03. The van der Waals surface area contributed by atoms with Gasteiger partial charge in [-0.3, -0.25) is 4.79 Å². The van der Waals surface area contributed by atoms with Gasteiger partial charge in [0.2, 0.25) is 5.91 Å². The summed E-state index contributed by atoms with van der Waals surface area (Å²) in [6.45, 7) is 6.59. The SMILES string of the molecule is CCOC1CC(N)(C(=O)Nc2cccc(SC)c2)C1(C)C.Cl. The summed E-state index contributed by atoms with van der Waals surface area (Å²) in [5.41, 5.74) is 5.89. The number of nitrogens with one attached hydrogen (secondary N) is 1. The molecule has 2 atom stereocenters. The quantitative estimate of drug-likeness (QED) is 0.804. The first kappa shape index (κ1) is 19.3. The monoisotopic (exact) mass is 344 g/mol. The van der Waals surface area contributed by atoms with Crippen LogP contribution in [0.15, 0.2) is 29.2 Å². The molecule has 2 unspecified atom stereocenters. The van der Waals surface area contributed by atoms with E-state index in [1.807, 2.05) is 51.3 Å². The van der Waals surface area contributed by atoms with Gasteiger partial charge in [0.05, 0.1) is 6.10 Å². The van der Waals surface area contributed by atoms with Crippen LogP contribution in [-0.4, -0.2) is 30.4 Å². The molecule has 2 rings (SSSR count). The van der Waals surface area contributed by atoms with E-state index in [2.05, 4.69) is 5.32 Å². The van der Waals surface area contributed by atoms with Crippen molar-refractivity contribution in [3.63, 3.8) is 0 Å². The molecule has 0 heterocycles. The second kappa shape index (κ2) is 7.21. The topological polar surface area (TPSA) is 64.3 Å². The Labute approximate surface area is 143 Å². The van der Waals surface area contributed by atoms with Crippen molar-refractivity contribution in [1.29, 1.82) is 0 Å². The van der Waals surface area contributed by atoms with Crippen molar-refractivity contribution in [2.45, 2.75) is 43.7 Å². The van der Waals surface area contributed by atoms with E-state index in [-0.39, 0.29) is 29.8 Å². The lowest BCUT2D eigenvalue weighted by atomic mass is 9.54. The predicted molar refractivity (Wildman–Crippen MR) is 94.8 cm³/mol. The number of nitrogens with two attached hydrogens (primary N) is 1. The maximum Gasteiger partial charge on any atom is 0.245 e. The third-order valence-electron chi connectivity index (χ3n) is 4.56. The molecule has 0 bridgehead atoms. The van der Waals surface area contributed by atoms with Crippen molar-refractivity contribution in [3.05, 3.63) is 24.3 Å². The normalized spacial score (nSPS) is 25.8. The number of carbonyl (C=O) groups is 1. The van der Waals surface area contributed by atoms with Crippen LogP contribution in [0.4, 0.5) is 5.69 Å². The van der Waals surface area contributed by atoms with Crippen molar-refractivity contribution >= 4 is 35.8 Å². The van der Waals surface area contributed by atoms with Gasteiger partial charge in [0.25, 0.3) is 0 Å². The van der Waals surface area contributed by atoms with Crippen LogP contribution in [0.5, 0.6) is 0 Å². The first-order valence-corrected chi connectivity index (χ1v) is 8.43. The molecule has 1 saturated carbocycles. The Hall–Kier alpha value is -0.750. The molecular formula is C16H25ClN2O2S. The third kappa shape index (κ3) is 3.27. The number of rotatable bonds is 5. The maximum absolute atomic E-state index is 12.6. The smallest absolute Gasteiger partial charge is 0.245 e. The Balaban J connectivity index is 0.00000242. The fourth-order valence-corrected chi connectivity index (χ4v) is 3.22. The van der Waals surface area contributed by atoms with Gasteiger partial charge in [0, 0.05) is 29.0 Å². The molecule has 0 aromatic heterocycles. The van der Waals surface area contributed by atoms with E-state index in [1.54, 1.807) is 11.8 Å². The van der Waals surface area contributed by atoms with E-state index in [9.17, 15) is 4.79 Å². The standard InChI is InChI=1S/C16H24N2O2S.ClH/c1-5-20-13-10-16(17,15(13,2)3)14(19)18-11-7-6-8-12(9-11)21-4;/h6-9,13H,5,10,17H2,1-4H3,(H,18,19);1H. The average Bonchev–Trinajstić information content (AvgIpc) is 2.46. The van der Waals surface area contributed by atoms with E-state index in [0.29, 0.717) is 13.0 Å². The molecule has 3 N–H and O–H groups in total. The van der Waals surface area contributed by atoms with E-state index in [4.69, 9.17) is 10.5 Å². The number of thioether (sulfide) groups is 1. The number of ether oxygens (including phenoxy) is 1. The molecule has 1 aliphatic carbocycles. The highest BCUT2D eigenvalue weighted by Gasteiger charge is 2.62. The summed E-state index contributed by atoms with van der Waals surface area (Å²) in [6, 6.07) is 7.78. The minimum absolute atomic E-state index is 0. The van der Waals surface area contributed by atoms with Crippen LogP contribution in [0.3, 0.4) is 0 Å². The molecule has 4 nitrogen and oxygen atoms in total. The summed E-state index contributed by atoms with van der Waals surface area (Å²) in [7, 11) is 0. The zero-order valence-corrected chi connectivity index (χ0v) is 15.1. The maximum atomic E-state index is 12.6. The van der Waals surface area contributed by atoms with E-state index in [1.165, 1.54) is 0 Å². The van der Waals surface area contributed by atoms with Crippen LogP contribution in [0.1, 0.15) is 27.2 Å². The molecule has 1 aromatic carbocycles. The number of amides is 1. The minimum atomic E-state index is -0.887. The van der Waals surface area contributed by atoms with Gasteiger partial charge in [-0.05, 0) is 31.4 Å². The van der Waals surface area contributed by atoms with Gasteiger partial charge in [-0.15, -0.1) is 24.2 Å². The molecule has 1 fully saturated rings. The number of hydrogen-bond donors (Lipinski definition) is 2. The molecule has 1 amide bonds. The van der Waals surface area contributed by atoms with Crippen molar-refractivity contribution in [2.24, 2.45) is 11.1 Å². The molecule has 124 valence electrons. The third-order valence-corrected chi connectivity index (χ3v) is 5.29. The first-order chi connectivity index (χ1) is 9.85. The van der Waals surface area contributed by atoms with E-state index in [0.717, 1.165) is 10.6 Å². The average molecular weight is 345 g/mol. The molecule has 0 radical (unpaired) electrons. The fourth-order valence-electron chi connectivity index (χ4n) is 2.76. The summed E-state index contributed by atoms with van der Waals surface area (Å²) in [6.07, 6.45) is 2.60. The van der Waals surface area contributed by atoms with Crippen molar-refractivity contribution < 1.29 is 9.53 Å². The second-order valence-corrected chi connectivity index (χ2v) is 6.91. The molecule has 6 heteroatoms. The summed E-state index contributed by atoms with van der Waals surface area (Å²) >= 11 is 1.64. The highest BCUT2D eigenvalue weighted by molar-refractivity contribution is 7.98. The number of benzene rings is 1. The zero-order chi connectivity index (χ0) is 15.7. The van der Waals surface area contributed by atoms with Gasteiger partial charge in [0.1, 0.15) is 5.54 Å². The lowest BCUT2D eigenvalue weighted by Crippen LogP contribution is -2.74. The predicted octanol–water partition coefficient (Wildman–Crippen LogP) is 3.30. The van der Waals surface area contributed by atoms with Gasteiger partial charge in [0.15, 0.2) is 0 Å². The molecule has 1 aliphatic rings. The highest BCUT2D eigenvalue weighted by Crippen LogP contribution is 2.50. The Morgan fingerprint density at radius 2 is 2.18 bits per heavy atom. The van der Waals surface area contributed by atoms with E-state index < -0.39 is 5.54 Å². The zero-order valence-electron chi connectivity index (χ0n) is 13.5. The lowest BCUT2D eigenvalue weighted by molar-refractivity contribution is -0.166. The van der Waals surface area contributed by atoms with Crippen LogP contribution in [0.2, 0.25) is 0 Å². The Morgan fingerprint density at radius 1 is 1.50 bits per heavy atom. The van der Waals surface area contributed by atoms with E-state index >= 15 is 0 Å². The molecular weight excluding hydrogens is 320 g/mol. The van der Waals surface area contributed by atoms with Gasteiger partial charge in [-0.2, -0.15) is 0 Å². The fraction of sp³-hybridized carbons (Fsp3) is 0.562. The van der Waals surface area contributed by atoms with Crippen molar-refractivity contribution in [2.75, 3.05) is 18.2 Å². The number of hydrogen-bond acceptors (Lipinski definition) is 4. The van der Waals surface area contributed by atoms with Gasteiger partial charge in [-0.25, -0.2) is 0 Å². The number of carbonyl (C=O) groups excluding carboxylic acids is 1. The van der Waals surface area contributed by atoms with Crippen LogP contribution < -0.4 is 11.1 Å². The van der Waals surface area contributed by atoms with Crippen LogP contribution in [-0.2, 0) is 9.53 Å². The van der Waals surface area contributed by atoms with Crippen LogP contribution in [0.25, 0.3) is 0 Å². The summed E-state index contributed by atoms with van der Waals surface area (Å²) in [5.74, 6) is -0.137. The molecule has 0 aliphatic heterocycles. The molecule has 22 heavy (non-hydrogen) atoms. The molecule has 0 saturated heterocycles. The Morgan fingerprint density at radius 3 is 2.73 bits per heavy atom. The molecule has 0 spiro atoms. The summed E-state index contributed by atoms with van der Waals surface area (Å²) < 4.78 is 5.66. The largest absolute Gasteiger partial charge is 0.378 e. The van der Waals surface area contributed by atoms with Crippen molar-refractivity contribution in [1.82, 2.24) is 0 Å².